The van der Waals surface area contributed by atoms with Crippen molar-refractivity contribution < 1.29 is 0 Å². The molecule has 0 unspecified atom stereocenters. The summed E-state index contributed by atoms with van der Waals surface area (Å²) in [6.45, 7) is 6.87. The monoisotopic (exact) mass is 466 g/mol. The number of benzene rings is 5. The number of rotatable bonds is 4. The lowest BCUT2D eigenvalue weighted by Gasteiger charge is -2.38. The molecule has 6 aromatic rings. The first-order valence-corrected chi connectivity index (χ1v) is 12.6. The van der Waals surface area contributed by atoms with Gasteiger partial charge in [-0.05, 0) is 74.4 Å². The highest BCUT2D eigenvalue weighted by Gasteiger charge is 2.27. The van der Waals surface area contributed by atoms with Crippen molar-refractivity contribution in [2.45, 2.75) is 26.3 Å². The maximum atomic E-state index is 2.49. The van der Waals surface area contributed by atoms with Crippen LogP contribution in [0.3, 0.4) is 0 Å². The highest BCUT2D eigenvalue weighted by Crippen LogP contribution is 2.43. The van der Waals surface area contributed by atoms with Gasteiger partial charge in [0, 0.05) is 27.7 Å². The van der Waals surface area contributed by atoms with E-state index in [4.69, 9.17) is 0 Å². The largest absolute Gasteiger partial charge is 0.336 e. The molecular weight excluding hydrogens is 436 g/mol. The van der Waals surface area contributed by atoms with Crippen molar-refractivity contribution in [3.8, 4) is 16.8 Å². The standard InChI is InChI=1S/C34H30N2/c1-34(2,3)36(28-19-12-16-26(24-28)25-14-6-4-7-15-25)32-23-13-22-31-33(32)29-20-10-11-21-30(29)35(31)27-17-8-5-9-18-27/h4-24H,1-3H3. The Morgan fingerprint density at radius 3 is 1.92 bits per heavy atom. The Morgan fingerprint density at radius 1 is 0.556 bits per heavy atom. The van der Waals surface area contributed by atoms with Crippen LogP contribution in [0.2, 0.25) is 0 Å². The van der Waals surface area contributed by atoms with Crippen LogP contribution in [0.5, 0.6) is 0 Å². The molecule has 0 fully saturated rings. The second kappa shape index (κ2) is 8.73. The maximum Gasteiger partial charge on any atom is 0.0562 e. The van der Waals surface area contributed by atoms with Crippen LogP contribution in [0.4, 0.5) is 11.4 Å². The molecule has 176 valence electrons. The predicted octanol–water partition coefficient (Wildman–Crippen LogP) is 9.39. The number of aromatic nitrogens is 1. The Kier molecular flexibility index (Phi) is 5.38. The normalized spacial score (nSPS) is 11.8. The van der Waals surface area contributed by atoms with Crippen LogP contribution in [0.25, 0.3) is 38.6 Å². The van der Waals surface area contributed by atoms with Gasteiger partial charge < -0.3 is 9.47 Å². The van der Waals surface area contributed by atoms with E-state index >= 15 is 0 Å². The first kappa shape index (κ1) is 22.2. The lowest BCUT2D eigenvalue weighted by Crippen LogP contribution is -2.37. The summed E-state index contributed by atoms with van der Waals surface area (Å²) in [7, 11) is 0. The Hall–Kier alpha value is -4.30. The Balaban J connectivity index is 1.64. The molecule has 0 atom stereocenters. The van der Waals surface area contributed by atoms with Gasteiger partial charge in [0.25, 0.3) is 0 Å². The summed E-state index contributed by atoms with van der Waals surface area (Å²) >= 11 is 0. The minimum Gasteiger partial charge on any atom is -0.336 e. The molecule has 0 aliphatic carbocycles. The molecule has 0 spiro atoms. The van der Waals surface area contributed by atoms with E-state index in [1.165, 1.54) is 50.0 Å². The zero-order valence-corrected chi connectivity index (χ0v) is 21.0. The van der Waals surface area contributed by atoms with Gasteiger partial charge in [-0.1, -0.05) is 84.9 Å². The fourth-order valence-corrected chi connectivity index (χ4v) is 5.38. The Morgan fingerprint density at radius 2 is 1.17 bits per heavy atom. The van der Waals surface area contributed by atoms with Crippen LogP contribution < -0.4 is 4.90 Å². The highest BCUT2D eigenvalue weighted by molar-refractivity contribution is 6.15. The van der Waals surface area contributed by atoms with E-state index in [9.17, 15) is 0 Å². The number of anilines is 2. The van der Waals surface area contributed by atoms with Crippen LogP contribution in [0.15, 0.2) is 127 Å². The van der Waals surface area contributed by atoms with Gasteiger partial charge >= 0.3 is 0 Å². The minimum absolute atomic E-state index is 0.139. The van der Waals surface area contributed by atoms with Gasteiger partial charge in [0.05, 0.1) is 16.7 Å². The van der Waals surface area contributed by atoms with E-state index in [-0.39, 0.29) is 5.54 Å². The van der Waals surface area contributed by atoms with Crippen molar-refractivity contribution in [2.24, 2.45) is 0 Å². The molecule has 2 heteroatoms. The molecule has 0 radical (unpaired) electrons. The molecular formula is C34H30N2. The van der Waals surface area contributed by atoms with Crippen LogP contribution in [0.1, 0.15) is 20.8 Å². The molecule has 0 amide bonds. The third kappa shape index (κ3) is 3.76. The Bertz CT molecular complexity index is 1650. The first-order chi connectivity index (χ1) is 17.5. The predicted molar refractivity (Wildman–Crippen MR) is 155 cm³/mol. The van der Waals surface area contributed by atoms with E-state index in [1.807, 2.05) is 0 Å². The molecule has 36 heavy (non-hydrogen) atoms. The van der Waals surface area contributed by atoms with Gasteiger partial charge in [0.15, 0.2) is 0 Å². The smallest absolute Gasteiger partial charge is 0.0562 e. The van der Waals surface area contributed by atoms with Crippen molar-refractivity contribution in [3.63, 3.8) is 0 Å². The summed E-state index contributed by atoms with van der Waals surface area (Å²) in [6.07, 6.45) is 0. The summed E-state index contributed by atoms with van der Waals surface area (Å²) in [5.41, 5.74) is 8.33. The van der Waals surface area contributed by atoms with Crippen LogP contribution >= 0.6 is 0 Å². The summed E-state index contributed by atoms with van der Waals surface area (Å²) in [4.78, 5) is 2.49. The van der Waals surface area contributed by atoms with Crippen LogP contribution in [0, 0.1) is 0 Å². The third-order valence-corrected chi connectivity index (χ3v) is 6.81. The summed E-state index contributed by atoms with van der Waals surface area (Å²) in [5, 5.41) is 2.54. The average molecular weight is 467 g/mol. The topological polar surface area (TPSA) is 8.17 Å². The molecule has 0 bridgehead atoms. The van der Waals surface area contributed by atoms with E-state index in [0.29, 0.717) is 0 Å². The first-order valence-electron chi connectivity index (χ1n) is 12.6. The van der Waals surface area contributed by atoms with E-state index < -0.39 is 0 Å². The van der Waals surface area contributed by atoms with Gasteiger partial charge in [-0.3, -0.25) is 0 Å². The SMILES string of the molecule is CC(C)(C)N(c1cccc(-c2ccccc2)c1)c1cccc2c1c1ccccc1n2-c1ccccc1. The molecule has 0 saturated carbocycles. The second-order valence-corrected chi connectivity index (χ2v) is 10.3. The van der Waals surface area contributed by atoms with Crippen molar-refractivity contribution in [3.05, 3.63) is 127 Å². The second-order valence-electron chi connectivity index (χ2n) is 10.3. The fraction of sp³-hybridized carbons (Fsp3) is 0.118. The quantitative estimate of drug-likeness (QED) is 0.251. The minimum atomic E-state index is -0.139. The average Bonchev–Trinajstić information content (AvgIpc) is 3.24. The van der Waals surface area contributed by atoms with Crippen molar-refractivity contribution in [2.75, 3.05) is 4.90 Å². The van der Waals surface area contributed by atoms with Gasteiger partial charge in [-0.2, -0.15) is 0 Å². The highest BCUT2D eigenvalue weighted by atomic mass is 15.2. The van der Waals surface area contributed by atoms with E-state index in [2.05, 4.69) is 158 Å². The number of fused-ring (bicyclic) bond motifs is 3. The lowest BCUT2D eigenvalue weighted by atomic mass is 9.98. The lowest BCUT2D eigenvalue weighted by molar-refractivity contribution is 0.561. The van der Waals surface area contributed by atoms with Crippen LogP contribution in [-0.2, 0) is 0 Å². The Labute approximate surface area is 213 Å². The summed E-state index contributed by atoms with van der Waals surface area (Å²) in [5.74, 6) is 0. The summed E-state index contributed by atoms with van der Waals surface area (Å²) in [6, 6.07) is 45.6. The molecule has 0 N–H and O–H groups in total. The molecule has 2 nitrogen and oxygen atoms in total. The van der Waals surface area contributed by atoms with Crippen molar-refractivity contribution in [1.82, 2.24) is 4.57 Å². The molecule has 1 heterocycles. The molecule has 0 aliphatic rings. The van der Waals surface area contributed by atoms with Gasteiger partial charge in [-0.25, -0.2) is 0 Å². The zero-order chi connectivity index (χ0) is 24.7. The molecule has 0 saturated heterocycles. The molecule has 6 rings (SSSR count). The number of para-hydroxylation sites is 2. The molecule has 5 aromatic carbocycles. The summed E-state index contributed by atoms with van der Waals surface area (Å²) < 4.78 is 2.38. The number of hydrogen-bond acceptors (Lipinski definition) is 1. The van der Waals surface area contributed by atoms with Crippen LogP contribution in [-0.4, -0.2) is 10.1 Å². The van der Waals surface area contributed by atoms with Crippen molar-refractivity contribution >= 4 is 33.2 Å². The molecule has 0 aliphatic heterocycles. The van der Waals surface area contributed by atoms with E-state index in [0.717, 1.165) is 0 Å². The van der Waals surface area contributed by atoms with Gasteiger partial charge in [0.1, 0.15) is 0 Å². The molecule has 1 aromatic heterocycles. The van der Waals surface area contributed by atoms with Gasteiger partial charge in [-0.15, -0.1) is 0 Å². The van der Waals surface area contributed by atoms with Crippen molar-refractivity contribution in [1.29, 1.82) is 0 Å². The van der Waals surface area contributed by atoms with E-state index in [1.54, 1.807) is 0 Å². The fourth-order valence-electron chi connectivity index (χ4n) is 5.38. The third-order valence-electron chi connectivity index (χ3n) is 6.81. The van der Waals surface area contributed by atoms with Gasteiger partial charge in [0.2, 0.25) is 0 Å². The maximum absolute atomic E-state index is 2.49. The zero-order valence-electron chi connectivity index (χ0n) is 21.0. The number of hydrogen-bond donors (Lipinski definition) is 0. The number of nitrogens with zero attached hydrogens (tertiary/aromatic N) is 2.